The van der Waals surface area contributed by atoms with Crippen LogP contribution in [0.15, 0.2) is 39.7 Å². The highest BCUT2D eigenvalue weighted by atomic mass is 35.5. The topological polar surface area (TPSA) is 90.4 Å². The number of hydrogen-bond donors (Lipinski definition) is 2. The van der Waals surface area contributed by atoms with Gasteiger partial charge in [0, 0.05) is 30.9 Å². The zero-order valence-electron chi connectivity index (χ0n) is 17.8. The van der Waals surface area contributed by atoms with Crippen molar-refractivity contribution in [2.75, 3.05) is 6.61 Å². The van der Waals surface area contributed by atoms with Crippen molar-refractivity contribution in [2.45, 2.75) is 52.2 Å². The molecule has 0 fully saturated rings. The maximum Gasteiger partial charge on any atom is 0.339 e. The first kappa shape index (κ1) is 25.1. The molecule has 3 aromatic rings. The Kier molecular flexibility index (Phi) is 8.89. The Morgan fingerprint density at radius 2 is 2.00 bits per heavy atom. The minimum absolute atomic E-state index is 0. The molecule has 6 nitrogen and oxygen atoms in total. The average Bonchev–Trinajstić information content (AvgIpc) is 3.21. The molecule has 0 amide bonds. The Morgan fingerprint density at radius 1 is 1.23 bits per heavy atom. The summed E-state index contributed by atoms with van der Waals surface area (Å²) in [5, 5.41) is 4.39. The number of aromatic nitrogens is 1. The van der Waals surface area contributed by atoms with Gasteiger partial charge in [-0.1, -0.05) is 0 Å². The summed E-state index contributed by atoms with van der Waals surface area (Å²) in [7, 11) is 0. The summed E-state index contributed by atoms with van der Waals surface area (Å²) in [6.07, 6.45) is 4.45. The lowest BCUT2D eigenvalue weighted by Gasteiger charge is -2.17. The third-order valence-electron chi connectivity index (χ3n) is 5.42. The van der Waals surface area contributed by atoms with E-state index in [-0.39, 0.29) is 36.5 Å². The van der Waals surface area contributed by atoms with Crippen LogP contribution in [0.3, 0.4) is 0 Å². The minimum Gasteiger partial charge on any atom is -0.491 e. The molecule has 31 heavy (non-hydrogen) atoms. The highest BCUT2D eigenvalue weighted by Gasteiger charge is 2.22. The van der Waals surface area contributed by atoms with Crippen molar-refractivity contribution in [1.29, 1.82) is 0 Å². The van der Waals surface area contributed by atoms with Gasteiger partial charge in [0.05, 0.1) is 11.1 Å². The molecule has 3 N–H and O–H groups in total. The Morgan fingerprint density at radius 3 is 2.77 bits per heavy atom. The molecule has 2 heterocycles. The first-order valence-electron chi connectivity index (χ1n) is 10.1. The van der Waals surface area contributed by atoms with Gasteiger partial charge in [-0.2, -0.15) is 0 Å². The Bertz CT molecular complexity index is 1100. The van der Waals surface area contributed by atoms with E-state index < -0.39 is 0 Å². The molecule has 8 heteroatoms. The van der Waals surface area contributed by atoms with E-state index in [0.717, 1.165) is 58.3 Å². The number of aryl methyl sites for hydroxylation is 2. The number of rotatable bonds is 7. The van der Waals surface area contributed by atoms with Gasteiger partial charge in [-0.3, -0.25) is 4.98 Å². The number of nitrogens with two attached hydrogens (primary N) is 1. The van der Waals surface area contributed by atoms with E-state index in [0.29, 0.717) is 25.3 Å². The molecule has 2 aromatic heterocycles. The van der Waals surface area contributed by atoms with Gasteiger partial charge in [0.2, 0.25) is 0 Å². The summed E-state index contributed by atoms with van der Waals surface area (Å²) in [6, 6.07) is 8.01. The lowest BCUT2D eigenvalue weighted by Crippen LogP contribution is -2.31. The maximum atomic E-state index is 12.2. The van der Waals surface area contributed by atoms with E-state index in [4.69, 9.17) is 14.9 Å². The van der Waals surface area contributed by atoms with Crippen LogP contribution in [-0.2, 0) is 25.9 Å². The van der Waals surface area contributed by atoms with Crippen LogP contribution in [0, 0.1) is 6.92 Å². The molecule has 0 saturated carbocycles. The van der Waals surface area contributed by atoms with Gasteiger partial charge in [0.15, 0.2) is 0 Å². The van der Waals surface area contributed by atoms with Gasteiger partial charge in [0.25, 0.3) is 0 Å². The molecule has 1 unspecified atom stereocenters. The molecule has 168 valence electrons. The number of ether oxygens (including phenoxy) is 1. The van der Waals surface area contributed by atoms with Crippen molar-refractivity contribution in [3.63, 3.8) is 0 Å². The zero-order valence-corrected chi connectivity index (χ0v) is 19.4. The van der Waals surface area contributed by atoms with Crippen LogP contribution in [0.4, 0.5) is 0 Å². The van der Waals surface area contributed by atoms with Crippen LogP contribution >= 0.6 is 24.8 Å². The van der Waals surface area contributed by atoms with Crippen LogP contribution in [0.25, 0.3) is 11.0 Å². The van der Waals surface area contributed by atoms with E-state index in [1.165, 1.54) is 0 Å². The van der Waals surface area contributed by atoms with Gasteiger partial charge in [-0.25, -0.2) is 4.79 Å². The number of hydrogen-bond acceptors (Lipinski definition) is 6. The quantitative estimate of drug-likeness (QED) is 0.515. The van der Waals surface area contributed by atoms with Crippen molar-refractivity contribution < 1.29 is 9.15 Å². The standard InChI is InChI=1S/C23H27N3O3.2ClH/c1-14-8-20(22-18-4-3-5-19(18)23(27)29-21(22)9-14)28-13-15(2)26-12-17-10-16(11-24)6-7-25-17;;/h6-10,15,26H,3-5,11-13,24H2,1-2H3;2*1H. The van der Waals surface area contributed by atoms with Gasteiger partial charge in [-0.15, -0.1) is 24.8 Å². The molecule has 0 spiro atoms. The molecule has 0 bridgehead atoms. The summed E-state index contributed by atoms with van der Waals surface area (Å²) in [5.41, 5.74) is 11.1. The van der Waals surface area contributed by atoms with Crippen molar-refractivity contribution >= 4 is 35.8 Å². The van der Waals surface area contributed by atoms with Crippen LogP contribution < -0.4 is 21.4 Å². The van der Waals surface area contributed by atoms with E-state index >= 15 is 0 Å². The normalized spacial score (nSPS) is 13.3. The minimum atomic E-state index is -0.205. The predicted molar refractivity (Wildman–Crippen MR) is 128 cm³/mol. The molecule has 0 aliphatic heterocycles. The monoisotopic (exact) mass is 465 g/mol. The van der Waals surface area contributed by atoms with E-state index in [1.54, 1.807) is 6.20 Å². The first-order valence-corrected chi connectivity index (χ1v) is 10.1. The third-order valence-corrected chi connectivity index (χ3v) is 5.42. The summed E-state index contributed by atoms with van der Waals surface area (Å²) in [5.74, 6) is 0.791. The van der Waals surface area contributed by atoms with Crippen molar-refractivity contribution in [3.05, 3.63) is 68.8 Å². The Balaban J connectivity index is 0.00000171. The second-order valence-electron chi connectivity index (χ2n) is 7.79. The van der Waals surface area contributed by atoms with E-state index in [1.807, 2.05) is 31.2 Å². The Labute approximate surface area is 194 Å². The molecule has 0 radical (unpaired) electrons. The fourth-order valence-electron chi connectivity index (χ4n) is 3.92. The van der Waals surface area contributed by atoms with Gasteiger partial charge < -0.3 is 20.2 Å². The molecular weight excluding hydrogens is 437 g/mol. The summed E-state index contributed by atoms with van der Waals surface area (Å²) in [4.78, 5) is 16.6. The fourth-order valence-corrected chi connectivity index (χ4v) is 3.92. The molecule has 1 aromatic carbocycles. The highest BCUT2D eigenvalue weighted by Crippen LogP contribution is 2.35. The number of nitrogens with zero attached hydrogens (tertiary/aromatic N) is 1. The van der Waals surface area contributed by atoms with Crippen molar-refractivity contribution in [2.24, 2.45) is 5.73 Å². The molecule has 0 saturated heterocycles. The largest absolute Gasteiger partial charge is 0.491 e. The van der Waals surface area contributed by atoms with Crippen LogP contribution in [0.5, 0.6) is 5.75 Å². The lowest BCUT2D eigenvalue weighted by atomic mass is 10.0. The van der Waals surface area contributed by atoms with E-state index in [2.05, 4.69) is 17.2 Å². The van der Waals surface area contributed by atoms with Gasteiger partial charge in [0.1, 0.15) is 17.9 Å². The van der Waals surface area contributed by atoms with Crippen LogP contribution in [0.1, 0.15) is 41.3 Å². The second kappa shape index (κ2) is 11.0. The first-order chi connectivity index (χ1) is 14.0. The van der Waals surface area contributed by atoms with Crippen LogP contribution in [0.2, 0.25) is 0 Å². The van der Waals surface area contributed by atoms with Crippen molar-refractivity contribution in [3.8, 4) is 5.75 Å². The van der Waals surface area contributed by atoms with Crippen molar-refractivity contribution in [1.82, 2.24) is 10.3 Å². The van der Waals surface area contributed by atoms with Gasteiger partial charge in [-0.05, 0) is 74.1 Å². The lowest BCUT2D eigenvalue weighted by molar-refractivity contribution is 0.274. The average molecular weight is 466 g/mol. The molecule has 4 rings (SSSR count). The van der Waals surface area contributed by atoms with Crippen LogP contribution in [-0.4, -0.2) is 17.6 Å². The number of halogens is 2. The molecule has 1 atom stereocenters. The smallest absolute Gasteiger partial charge is 0.339 e. The third kappa shape index (κ3) is 5.57. The molecular formula is C23H29Cl2N3O3. The fraction of sp³-hybridized carbons (Fsp3) is 0.391. The summed E-state index contributed by atoms with van der Waals surface area (Å²) >= 11 is 0. The maximum absolute atomic E-state index is 12.2. The zero-order chi connectivity index (χ0) is 20.4. The second-order valence-corrected chi connectivity index (χ2v) is 7.79. The SMILES string of the molecule is Cc1cc(OCC(C)NCc2cc(CN)ccn2)c2c3c(c(=O)oc2c1)CCC3.Cl.Cl. The Hall–Kier alpha value is -2.12. The molecule has 1 aliphatic carbocycles. The van der Waals surface area contributed by atoms with Gasteiger partial charge >= 0.3 is 5.63 Å². The number of nitrogens with one attached hydrogen (secondary N) is 1. The summed E-state index contributed by atoms with van der Waals surface area (Å²) < 4.78 is 11.8. The predicted octanol–water partition coefficient (Wildman–Crippen LogP) is 3.84. The highest BCUT2D eigenvalue weighted by molar-refractivity contribution is 5.89. The summed E-state index contributed by atoms with van der Waals surface area (Å²) in [6.45, 7) is 5.72. The number of pyridine rings is 1. The number of benzene rings is 1. The van der Waals surface area contributed by atoms with E-state index in [9.17, 15) is 4.79 Å². The number of fused-ring (bicyclic) bond motifs is 3. The molecule has 1 aliphatic rings.